The van der Waals surface area contributed by atoms with Crippen LogP contribution >= 0.6 is 11.8 Å². The number of thioether (sulfide) groups is 1. The topological polar surface area (TPSA) is 130 Å². The molecule has 0 aromatic carbocycles. The molecular formula is C25H28N6O4S. The van der Waals surface area contributed by atoms with E-state index in [0.717, 1.165) is 17.1 Å². The summed E-state index contributed by atoms with van der Waals surface area (Å²) in [5, 5.41) is 16.8. The van der Waals surface area contributed by atoms with Crippen LogP contribution in [0.4, 0.5) is 11.5 Å². The van der Waals surface area contributed by atoms with Gasteiger partial charge in [0.15, 0.2) is 0 Å². The van der Waals surface area contributed by atoms with Crippen LogP contribution in [0.5, 0.6) is 5.88 Å². The Morgan fingerprint density at radius 2 is 2.06 bits per heavy atom. The zero-order chi connectivity index (χ0) is 25.3. The van der Waals surface area contributed by atoms with Gasteiger partial charge in [-0.2, -0.15) is 0 Å². The second kappa shape index (κ2) is 10.00. The maximum absolute atomic E-state index is 13.1. The van der Waals surface area contributed by atoms with Gasteiger partial charge in [-0.15, -0.1) is 11.8 Å². The van der Waals surface area contributed by atoms with Gasteiger partial charge in [0.25, 0.3) is 5.91 Å². The SMILES string of the molecule is COc1ccc2nccc(NC(=O)C3(O)CCN(CC(C)c4ccc5c(n4)NC(=O)CS5)CC3)c2n1. The molecular weight excluding hydrogens is 480 g/mol. The Balaban J connectivity index is 1.21. The van der Waals surface area contributed by atoms with Crippen molar-refractivity contribution < 1.29 is 19.4 Å². The van der Waals surface area contributed by atoms with Crippen molar-refractivity contribution in [2.75, 3.05) is 43.1 Å². The Bertz CT molecular complexity index is 1310. The molecule has 0 bridgehead atoms. The summed E-state index contributed by atoms with van der Waals surface area (Å²) in [7, 11) is 1.53. The zero-order valence-electron chi connectivity index (χ0n) is 20.2. The predicted molar refractivity (Wildman–Crippen MR) is 137 cm³/mol. The van der Waals surface area contributed by atoms with E-state index in [0.29, 0.717) is 60.1 Å². The van der Waals surface area contributed by atoms with Crippen molar-refractivity contribution in [3.05, 3.63) is 42.2 Å². The van der Waals surface area contributed by atoms with Crippen LogP contribution in [-0.4, -0.2) is 74.9 Å². The van der Waals surface area contributed by atoms with Gasteiger partial charge in [0.2, 0.25) is 11.8 Å². The number of likely N-dealkylation sites (tertiary alicyclic amines) is 1. The highest BCUT2D eigenvalue weighted by atomic mass is 32.2. The number of methoxy groups -OCH3 is 1. The van der Waals surface area contributed by atoms with Crippen molar-refractivity contribution in [1.29, 1.82) is 0 Å². The third-order valence-corrected chi connectivity index (χ3v) is 7.70. The molecule has 0 spiro atoms. The van der Waals surface area contributed by atoms with Crippen molar-refractivity contribution in [3.63, 3.8) is 0 Å². The van der Waals surface area contributed by atoms with Crippen LogP contribution in [0.25, 0.3) is 11.0 Å². The van der Waals surface area contributed by atoms with Crippen molar-refractivity contribution in [2.24, 2.45) is 0 Å². The van der Waals surface area contributed by atoms with Crippen LogP contribution in [0.1, 0.15) is 31.4 Å². The van der Waals surface area contributed by atoms with Gasteiger partial charge in [0.1, 0.15) is 16.9 Å². The maximum Gasteiger partial charge on any atom is 0.256 e. The molecule has 36 heavy (non-hydrogen) atoms. The molecule has 1 unspecified atom stereocenters. The van der Waals surface area contributed by atoms with E-state index < -0.39 is 11.5 Å². The Hall–Kier alpha value is -3.28. The molecule has 0 radical (unpaired) electrons. The molecule has 10 nitrogen and oxygen atoms in total. The number of ether oxygens (including phenoxy) is 1. The van der Waals surface area contributed by atoms with Crippen LogP contribution in [0.3, 0.4) is 0 Å². The normalized spacial score (nSPS) is 18.2. The van der Waals surface area contributed by atoms with E-state index in [1.54, 1.807) is 24.4 Å². The maximum atomic E-state index is 13.1. The number of nitrogens with zero attached hydrogens (tertiary/aromatic N) is 4. The number of carbonyl (C=O) groups excluding carboxylic acids is 2. The number of fused-ring (bicyclic) bond motifs is 2. The predicted octanol–water partition coefficient (Wildman–Crippen LogP) is 2.65. The van der Waals surface area contributed by atoms with Crippen molar-refractivity contribution >= 4 is 46.1 Å². The van der Waals surface area contributed by atoms with E-state index >= 15 is 0 Å². The number of rotatable bonds is 6. The number of aromatic nitrogens is 3. The summed E-state index contributed by atoms with van der Waals surface area (Å²) in [6.45, 7) is 3.99. The molecule has 1 saturated heterocycles. The fourth-order valence-electron chi connectivity index (χ4n) is 4.53. The highest BCUT2D eigenvalue weighted by Crippen LogP contribution is 2.32. The summed E-state index contributed by atoms with van der Waals surface area (Å²) in [6, 6.07) is 9.16. The first kappa shape index (κ1) is 24.4. The van der Waals surface area contributed by atoms with Gasteiger partial charge < -0.3 is 25.4 Å². The molecule has 0 aliphatic carbocycles. The van der Waals surface area contributed by atoms with Gasteiger partial charge in [0, 0.05) is 43.5 Å². The molecule has 1 fully saturated rings. The molecule has 2 aliphatic rings. The fraction of sp³-hybridized carbons (Fsp3) is 0.400. The van der Waals surface area contributed by atoms with Crippen molar-refractivity contribution in [2.45, 2.75) is 36.2 Å². The average Bonchev–Trinajstić information content (AvgIpc) is 2.89. The Kier molecular flexibility index (Phi) is 6.78. The summed E-state index contributed by atoms with van der Waals surface area (Å²) >= 11 is 1.49. The third kappa shape index (κ3) is 4.99. The lowest BCUT2D eigenvalue weighted by atomic mass is 9.89. The molecule has 3 aromatic heterocycles. The number of nitrogens with one attached hydrogen (secondary N) is 2. The van der Waals surface area contributed by atoms with Gasteiger partial charge in [-0.1, -0.05) is 6.92 Å². The van der Waals surface area contributed by atoms with E-state index in [-0.39, 0.29) is 11.8 Å². The number of anilines is 2. The van der Waals surface area contributed by atoms with Gasteiger partial charge in [-0.05, 0) is 37.1 Å². The van der Waals surface area contributed by atoms with E-state index in [1.165, 1.54) is 18.9 Å². The van der Waals surface area contributed by atoms with Crippen LogP contribution in [0, 0.1) is 0 Å². The van der Waals surface area contributed by atoms with Gasteiger partial charge in [0.05, 0.1) is 29.0 Å². The summed E-state index contributed by atoms with van der Waals surface area (Å²) in [6.07, 6.45) is 2.23. The van der Waals surface area contributed by atoms with Crippen LogP contribution in [0.2, 0.25) is 0 Å². The monoisotopic (exact) mass is 508 g/mol. The van der Waals surface area contributed by atoms with Gasteiger partial charge >= 0.3 is 0 Å². The Morgan fingerprint density at radius 1 is 1.25 bits per heavy atom. The molecule has 0 saturated carbocycles. The number of carbonyl (C=O) groups is 2. The summed E-state index contributed by atoms with van der Waals surface area (Å²) in [4.78, 5) is 41.3. The Morgan fingerprint density at radius 3 is 2.83 bits per heavy atom. The second-order valence-corrected chi connectivity index (χ2v) is 10.2. The fourth-order valence-corrected chi connectivity index (χ4v) is 5.28. The molecule has 5 heterocycles. The lowest BCUT2D eigenvalue weighted by Crippen LogP contribution is -2.52. The van der Waals surface area contributed by atoms with Gasteiger partial charge in [-0.25, -0.2) is 9.97 Å². The number of piperidine rings is 1. The number of aliphatic hydroxyl groups is 1. The van der Waals surface area contributed by atoms with Crippen LogP contribution in [-0.2, 0) is 9.59 Å². The van der Waals surface area contributed by atoms with E-state index in [1.807, 2.05) is 12.1 Å². The lowest BCUT2D eigenvalue weighted by molar-refractivity contribution is -0.139. The largest absolute Gasteiger partial charge is 0.481 e. The molecule has 188 valence electrons. The number of hydrogen-bond donors (Lipinski definition) is 3. The minimum Gasteiger partial charge on any atom is -0.481 e. The van der Waals surface area contributed by atoms with E-state index in [2.05, 4.69) is 37.4 Å². The second-order valence-electron chi connectivity index (χ2n) is 9.19. The van der Waals surface area contributed by atoms with Crippen LogP contribution < -0.4 is 15.4 Å². The van der Waals surface area contributed by atoms with Gasteiger partial charge in [-0.3, -0.25) is 14.6 Å². The summed E-state index contributed by atoms with van der Waals surface area (Å²) in [5.41, 5.74) is 1.05. The number of pyridine rings is 3. The first-order valence-corrected chi connectivity index (χ1v) is 12.8. The molecule has 2 amide bonds. The minimum atomic E-state index is -1.47. The molecule has 11 heteroatoms. The number of hydrogen-bond acceptors (Lipinski definition) is 9. The first-order valence-electron chi connectivity index (χ1n) is 11.8. The zero-order valence-corrected chi connectivity index (χ0v) is 21.0. The highest BCUT2D eigenvalue weighted by Gasteiger charge is 2.40. The average molecular weight is 509 g/mol. The first-order chi connectivity index (χ1) is 17.3. The standard InChI is InChI=1S/C25H28N6O4S/c1-15(16-3-5-19-23(27-16)29-20(32)14-36-19)13-31-11-8-25(34,9-12-31)24(33)28-18-7-10-26-17-4-6-21(35-2)30-22(17)18/h3-7,10,15,34H,8-9,11-14H2,1-2H3,(H,26,28,33)(H,27,29,32). The van der Waals surface area contributed by atoms with E-state index in [9.17, 15) is 14.7 Å². The molecule has 2 aliphatic heterocycles. The molecule has 1 atom stereocenters. The third-order valence-electron chi connectivity index (χ3n) is 6.65. The van der Waals surface area contributed by atoms with Crippen molar-refractivity contribution in [1.82, 2.24) is 19.9 Å². The highest BCUT2D eigenvalue weighted by molar-refractivity contribution is 8.00. The Labute approximate surface area is 212 Å². The molecule has 5 rings (SSSR count). The smallest absolute Gasteiger partial charge is 0.256 e. The van der Waals surface area contributed by atoms with Crippen LogP contribution in [0.15, 0.2) is 41.4 Å². The minimum absolute atomic E-state index is 0.0342. The molecule has 3 aromatic rings. The molecule has 3 N–H and O–H groups in total. The van der Waals surface area contributed by atoms with Crippen molar-refractivity contribution in [3.8, 4) is 5.88 Å². The number of amides is 2. The summed E-state index contributed by atoms with van der Waals surface area (Å²) < 4.78 is 5.20. The lowest BCUT2D eigenvalue weighted by Gasteiger charge is -2.38. The summed E-state index contributed by atoms with van der Waals surface area (Å²) in [5.74, 6) is 1.10. The quantitative estimate of drug-likeness (QED) is 0.460. The van der Waals surface area contributed by atoms with E-state index in [4.69, 9.17) is 4.74 Å².